The van der Waals surface area contributed by atoms with E-state index in [0.29, 0.717) is 0 Å². The summed E-state index contributed by atoms with van der Waals surface area (Å²) in [5.74, 6) is 0. The molecule has 3 heterocycles. The van der Waals surface area contributed by atoms with Gasteiger partial charge in [-0.05, 0) is 38.5 Å². The van der Waals surface area contributed by atoms with E-state index in [-0.39, 0.29) is 0 Å². The number of nitrogens with one attached hydrogen (secondary N) is 1. The number of aromatic nitrogens is 4. The zero-order valence-corrected chi connectivity index (χ0v) is 10.7. The molecule has 0 aromatic carbocycles. The molecule has 5 heteroatoms. The fraction of sp³-hybridized carbons (Fsp3) is 0.250. The third-order valence-electron chi connectivity index (χ3n) is 2.83. The highest BCUT2D eigenvalue weighted by atomic mass is 32.1. The summed E-state index contributed by atoms with van der Waals surface area (Å²) in [6.45, 7) is 6.00. The maximum atomic E-state index is 5.32. The van der Waals surface area contributed by atoms with Crippen LogP contribution in [0.1, 0.15) is 17.0 Å². The number of nitrogens with zero attached hydrogens (tertiary/aromatic N) is 3. The van der Waals surface area contributed by atoms with Crippen LogP contribution in [0.4, 0.5) is 0 Å². The first-order valence-corrected chi connectivity index (χ1v) is 5.83. The Balaban J connectivity index is 2.65. The highest BCUT2D eigenvalue weighted by molar-refractivity contribution is 7.71. The van der Waals surface area contributed by atoms with Crippen LogP contribution >= 0.6 is 12.2 Å². The first kappa shape index (κ1) is 10.4. The number of aryl methyl sites for hydroxylation is 3. The Kier molecular flexibility index (Phi) is 2.06. The summed E-state index contributed by atoms with van der Waals surface area (Å²) >= 11 is 5.32. The van der Waals surface area contributed by atoms with Gasteiger partial charge in [-0.1, -0.05) is 12.2 Å². The van der Waals surface area contributed by atoms with Gasteiger partial charge in [0.05, 0.1) is 5.39 Å². The predicted octanol–water partition coefficient (Wildman–Crippen LogP) is 2.87. The molecule has 0 saturated carbocycles. The minimum absolute atomic E-state index is 0.725. The van der Waals surface area contributed by atoms with Gasteiger partial charge in [0.15, 0.2) is 11.3 Å². The van der Waals surface area contributed by atoms with Gasteiger partial charge in [-0.2, -0.15) is 0 Å². The summed E-state index contributed by atoms with van der Waals surface area (Å²) in [4.78, 5) is 9.02. The molecule has 0 aliphatic rings. The normalized spacial score (nSPS) is 11.5. The molecular formula is C12H12N4S. The lowest BCUT2D eigenvalue weighted by atomic mass is 10.2. The molecule has 3 aromatic heterocycles. The molecule has 0 aliphatic heterocycles. The summed E-state index contributed by atoms with van der Waals surface area (Å²) in [5, 5.41) is 4.24. The Hall–Kier alpha value is -1.75. The van der Waals surface area contributed by atoms with Gasteiger partial charge in [0.25, 0.3) is 0 Å². The van der Waals surface area contributed by atoms with Gasteiger partial charge in [0, 0.05) is 11.4 Å². The van der Waals surface area contributed by atoms with E-state index in [0.717, 1.165) is 32.7 Å². The second-order valence-corrected chi connectivity index (χ2v) is 4.73. The highest BCUT2D eigenvalue weighted by Gasteiger charge is 2.10. The fourth-order valence-electron chi connectivity index (χ4n) is 2.18. The van der Waals surface area contributed by atoms with E-state index in [2.05, 4.69) is 28.1 Å². The van der Waals surface area contributed by atoms with E-state index in [1.807, 2.05) is 24.4 Å². The van der Waals surface area contributed by atoms with E-state index in [4.69, 9.17) is 12.2 Å². The number of H-pyrrole nitrogens is 1. The molecule has 1 N–H and O–H groups in total. The van der Waals surface area contributed by atoms with Gasteiger partial charge in [-0.15, -0.1) is 0 Å². The first-order valence-electron chi connectivity index (χ1n) is 5.42. The van der Waals surface area contributed by atoms with Crippen molar-refractivity contribution in [2.45, 2.75) is 20.8 Å². The van der Waals surface area contributed by atoms with Crippen molar-refractivity contribution in [3.63, 3.8) is 0 Å². The Bertz CT molecular complexity index is 797. The molecule has 0 spiro atoms. The van der Waals surface area contributed by atoms with Gasteiger partial charge >= 0.3 is 0 Å². The summed E-state index contributed by atoms with van der Waals surface area (Å²) < 4.78 is 2.54. The quantitative estimate of drug-likeness (QED) is 0.618. The van der Waals surface area contributed by atoms with Crippen molar-refractivity contribution in [3.05, 3.63) is 33.7 Å². The van der Waals surface area contributed by atoms with Crippen molar-refractivity contribution in [1.29, 1.82) is 0 Å². The van der Waals surface area contributed by atoms with E-state index in [1.165, 1.54) is 5.56 Å². The highest BCUT2D eigenvalue weighted by Crippen LogP contribution is 2.21. The molecule has 0 atom stereocenters. The minimum Gasteiger partial charge on any atom is -0.274 e. The van der Waals surface area contributed by atoms with Crippen LogP contribution in [0.3, 0.4) is 0 Å². The van der Waals surface area contributed by atoms with Crippen LogP contribution in [0.5, 0.6) is 0 Å². The lowest BCUT2D eigenvalue weighted by Gasteiger charge is -1.98. The second-order valence-electron chi connectivity index (χ2n) is 4.31. The van der Waals surface area contributed by atoms with Crippen LogP contribution in [-0.4, -0.2) is 19.6 Å². The predicted molar refractivity (Wildman–Crippen MR) is 69.9 cm³/mol. The molecule has 0 radical (unpaired) electrons. The second kappa shape index (κ2) is 3.37. The van der Waals surface area contributed by atoms with Crippen LogP contribution in [0.25, 0.3) is 16.7 Å². The molecule has 0 aliphatic carbocycles. The van der Waals surface area contributed by atoms with E-state index in [1.54, 1.807) is 0 Å². The monoisotopic (exact) mass is 244 g/mol. The molecule has 0 unspecified atom stereocenters. The van der Waals surface area contributed by atoms with Gasteiger partial charge in [-0.25, -0.2) is 14.5 Å². The topological polar surface area (TPSA) is 46.0 Å². The summed E-state index contributed by atoms with van der Waals surface area (Å²) in [6.07, 6.45) is 0. The Morgan fingerprint density at radius 3 is 2.59 bits per heavy atom. The van der Waals surface area contributed by atoms with Crippen LogP contribution in [0, 0.1) is 25.4 Å². The molecule has 0 fully saturated rings. The first-order chi connectivity index (χ1) is 8.06. The van der Waals surface area contributed by atoms with Gasteiger partial charge in [-0.3, -0.25) is 5.10 Å². The number of aromatic amines is 1. The van der Waals surface area contributed by atoms with Gasteiger partial charge in [0.1, 0.15) is 4.64 Å². The summed E-state index contributed by atoms with van der Waals surface area (Å²) in [7, 11) is 0. The van der Waals surface area contributed by atoms with Crippen LogP contribution in [0.2, 0.25) is 0 Å². The molecule has 0 saturated heterocycles. The third-order valence-corrected chi connectivity index (χ3v) is 3.13. The smallest absolute Gasteiger partial charge is 0.164 e. The number of fused-ring (bicyclic) bond motifs is 3. The Morgan fingerprint density at radius 2 is 1.82 bits per heavy atom. The molecule has 17 heavy (non-hydrogen) atoms. The third kappa shape index (κ3) is 1.46. The van der Waals surface area contributed by atoms with Crippen molar-refractivity contribution in [2.24, 2.45) is 0 Å². The van der Waals surface area contributed by atoms with Crippen LogP contribution < -0.4 is 0 Å². The lowest BCUT2D eigenvalue weighted by Crippen LogP contribution is -1.93. The average Bonchev–Trinajstić information content (AvgIpc) is 2.56. The number of hydrogen-bond donors (Lipinski definition) is 1. The van der Waals surface area contributed by atoms with E-state index < -0.39 is 0 Å². The summed E-state index contributed by atoms with van der Waals surface area (Å²) in [5.41, 5.74) is 4.78. The maximum absolute atomic E-state index is 5.32. The largest absolute Gasteiger partial charge is 0.274 e. The van der Waals surface area contributed by atoms with Crippen molar-refractivity contribution >= 4 is 28.9 Å². The Labute approximate surface area is 103 Å². The molecule has 4 nitrogen and oxygen atoms in total. The van der Waals surface area contributed by atoms with Crippen molar-refractivity contribution in [1.82, 2.24) is 19.6 Å². The summed E-state index contributed by atoms with van der Waals surface area (Å²) in [6, 6.07) is 3.93. The number of pyridine rings is 1. The molecule has 0 amide bonds. The molecule has 0 bridgehead atoms. The number of rotatable bonds is 0. The zero-order valence-electron chi connectivity index (χ0n) is 9.90. The standard InChI is InChI=1S/C12H12N4S/c1-6-4-7(2)13-11-10(6)12-14-8(3)5-9(17)16(12)15-11/h4-5H,1-3H3,(H,13,15). The lowest BCUT2D eigenvalue weighted by molar-refractivity contribution is 0.921. The maximum Gasteiger partial charge on any atom is 0.164 e. The molecule has 3 aromatic rings. The average molecular weight is 244 g/mol. The Morgan fingerprint density at radius 1 is 1.12 bits per heavy atom. The van der Waals surface area contributed by atoms with Crippen molar-refractivity contribution in [3.8, 4) is 0 Å². The fourth-order valence-corrected chi connectivity index (χ4v) is 2.48. The van der Waals surface area contributed by atoms with E-state index >= 15 is 0 Å². The van der Waals surface area contributed by atoms with Crippen molar-refractivity contribution < 1.29 is 0 Å². The zero-order chi connectivity index (χ0) is 12.2. The SMILES string of the molecule is Cc1cc(C)c2c(n1)[nH]n1c(=S)cc(C)nc21. The molecular weight excluding hydrogens is 232 g/mol. The minimum atomic E-state index is 0.725. The number of hydrogen-bond acceptors (Lipinski definition) is 3. The van der Waals surface area contributed by atoms with Crippen molar-refractivity contribution in [2.75, 3.05) is 0 Å². The van der Waals surface area contributed by atoms with E-state index in [9.17, 15) is 0 Å². The molecule has 3 rings (SSSR count). The van der Waals surface area contributed by atoms with Gasteiger partial charge < -0.3 is 0 Å². The molecule has 86 valence electrons. The van der Waals surface area contributed by atoms with Gasteiger partial charge in [0.2, 0.25) is 0 Å². The van der Waals surface area contributed by atoms with Crippen LogP contribution in [0.15, 0.2) is 12.1 Å². The van der Waals surface area contributed by atoms with Crippen LogP contribution in [-0.2, 0) is 0 Å².